The number of methoxy groups -OCH3 is 2. The third-order valence-corrected chi connectivity index (χ3v) is 3.77. The zero-order valence-corrected chi connectivity index (χ0v) is 12.2. The van der Waals surface area contributed by atoms with Crippen molar-refractivity contribution in [2.24, 2.45) is 0 Å². The molecule has 0 spiro atoms. The maximum atomic E-state index is 12.5. The molecule has 1 aromatic carbocycles. The maximum absolute atomic E-state index is 12.5. The van der Waals surface area contributed by atoms with Gasteiger partial charge in [0.25, 0.3) is 5.91 Å². The van der Waals surface area contributed by atoms with Gasteiger partial charge in [0.2, 0.25) is 0 Å². The quantitative estimate of drug-likeness (QED) is 0.914. The highest BCUT2D eigenvalue weighted by atomic mass is 16.5. The van der Waals surface area contributed by atoms with Crippen LogP contribution in [0.4, 0.5) is 0 Å². The first-order valence-electron chi connectivity index (χ1n) is 6.70. The molecule has 2 rings (SSSR count). The van der Waals surface area contributed by atoms with Crippen LogP contribution in [0.5, 0.6) is 11.5 Å². The summed E-state index contributed by atoms with van der Waals surface area (Å²) in [5.41, 5.74) is -0.143. The van der Waals surface area contributed by atoms with Gasteiger partial charge >= 0.3 is 0 Å². The molecule has 0 aliphatic carbocycles. The van der Waals surface area contributed by atoms with Crippen LogP contribution in [0.1, 0.15) is 30.1 Å². The van der Waals surface area contributed by atoms with Crippen LogP contribution in [0.25, 0.3) is 0 Å². The molecule has 0 aromatic heterocycles. The van der Waals surface area contributed by atoms with E-state index in [9.17, 15) is 9.90 Å². The molecule has 1 amide bonds. The summed E-state index contributed by atoms with van der Waals surface area (Å²) >= 11 is 0. The Kier molecular flexibility index (Phi) is 4.18. The highest BCUT2D eigenvalue weighted by molar-refractivity contribution is 5.97. The lowest BCUT2D eigenvalue weighted by molar-refractivity contribution is -0.00209. The summed E-state index contributed by atoms with van der Waals surface area (Å²) in [4.78, 5) is 14.3. The average Bonchev–Trinajstić information content (AvgIpc) is 2.45. The number of amides is 1. The minimum absolute atomic E-state index is 0.0694. The van der Waals surface area contributed by atoms with Crippen molar-refractivity contribution in [1.82, 2.24) is 4.90 Å². The molecule has 1 N–H and O–H groups in total. The number of carbonyl (C=O) groups excluding carboxylic acids is 1. The van der Waals surface area contributed by atoms with Crippen LogP contribution < -0.4 is 9.47 Å². The number of hydrogen-bond acceptors (Lipinski definition) is 4. The van der Waals surface area contributed by atoms with Crippen LogP contribution in [0, 0.1) is 0 Å². The molecular weight excluding hydrogens is 258 g/mol. The number of hydrogen-bond donors (Lipinski definition) is 1. The summed E-state index contributed by atoms with van der Waals surface area (Å²) < 4.78 is 10.4. The normalized spacial score (nSPS) is 17.7. The van der Waals surface area contributed by atoms with Crippen molar-refractivity contribution in [1.29, 1.82) is 0 Å². The lowest BCUT2D eigenvalue weighted by Gasteiger charge is -2.36. The molecule has 5 heteroatoms. The van der Waals surface area contributed by atoms with E-state index in [0.717, 1.165) is 0 Å². The van der Waals surface area contributed by atoms with Crippen molar-refractivity contribution in [3.8, 4) is 11.5 Å². The first-order valence-corrected chi connectivity index (χ1v) is 6.70. The van der Waals surface area contributed by atoms with Gasteiger partial charge in [-0.05, 0) is 31.9 Å². The third-order valence-electron chi connectivity index (χ3n) is 3.77. The van der Waals surface area contributed by atoms with Gasteiger partial charge in [-0.15, -0.1) is 0 Å². The molecule has 1 aliphatic rings. The van der Waals surface area contributed by atoms with E-state index in [1.165, 1.54) is 7.11 Å². The SMILES string of the molecule is COc1ccc(C(=O)N2CCC(C)(O)CC2)c(OC)c1. The topological polar surface area (TPSA) is 59.0 Å². The molecule has 20 heavy (non-hydrogen) atoms. The molecule has 5 nitrogen and oxygen atoms in total. The molecule has 0 bridgehead atoms. The van der Waals surface area contributed by atoms with Gasteiger partial charge in [-0.3, -0.25) is 4.79 Å². The van der Waals surface area contributed by atoms with Crippen LogP contribution in [-0.4, -0.2) is 48.8 Å². The van der Waals surface area contributed by atoms with E-state index in [1.54, 1.807) is 30.2 Å². The summed E-state index contributed by atoms with van der Waals surface area (Å²) in [5.74, 6) is 1.09. The van der Waals surface area contributed by atoms with Crippen molar-refractivity contribution >= 4 is 5.91 Å². The van der Waals surface area contributed by atoms with E-state index in [0.29, 0.717) is 43.0 Å². The maximum Gasteiger partial charge on any atom is 0.257 e. The number of aliphatic hydroxyl groups is 1. The van der Waals surface area contributed by atoms with Crippen molar-refractivity contribution in [2.45, 2.75) is 25.4 Å². The largest absolute Gasteiger partial charge is 0.497 e. The molecule has 0 unspecified atom stereocenters. The standard InChI is InChI=1S/C15H21NO4/c1-15(18)6-8-16(9-7-15)14(17)12-5-4-11(19-2)10-13(12)20-3/h4-5,10,18H,6-9H2,1-3H3. The van der Waals surface area contributed by atoms with Gasteiger partial charge in [0, 0.05) is 19.2 Å². The number of nitrogens with zero attached hydrogens (tertiary/aromatic N) is 1. The molecule has 110 valence electrons. The zero-order valence-electron chi connectivity index (χ0n) is 12.2. The number of rotatable bonds is 3. The fourth-order valence-corrected chi connectivity index (χ4v) is 2.34. The van der Waals surface area contributed by atoms with Crippen LogP contribution >= 0.6 is 0 Å². The molecule has 1 saturated heterocycles. The van der Waals surface area contributed by atoms with Gasteiger partial charge < -0.3 is 19.5 Å². The molecule has 0 atom stereocenters. The van der Waals surface area contributed by atoms with E-state index >= 15 is 0 Å². The third kappa shape index (κ3) is 3.04. The zero-order chi connectivity index (χ0) is 14.8. The Morgan fingerprint density at radius 1 is 1.25 bits per heavy atom. The van der Waals surface area contributed by atoms with Crippen LogP contribution in [-0.2, 0) is 0 Å². The summed E-state index contributed by atoms with van der Waals surface area (Å²) in [6.45, 7) is 2.92. The number of ether oxygens (including phenoxy) is 2. The minimum atomic E-state index is -0.666. The first kappa shape index (κ1) is 14.7. The van der Waals surface area contributed by atoms with E-state index in [4.69, 9.17) is 9.47 Å². The summed E-state index contributed by atoms with van der Waals surface area (Å²) in [6.07, 6.45) is 1.19. The molecule has 1 heterocycles. The Bertz CT molecular complexity index is 489. The molecule has 0 radical (unpaired) electrons. The Morgan fingerprint density at radius 3 is 2.45 bits per heavy atom. The van der Waals surface area contributed by atoms with E-state index in [2.05, 4.69) is 0 Å². The Labute approximate surface area is 119 Å². The molecular formula is C15H21NO4. The van der Waals surface area contributed by atoms with E-state index < -0.39 is 5.60 Å². The summed E-state index contributed by atoms with van der Waals surface area (Å²) in [6, 6.07) is 5.16. The molecule has 1 aromatic rings. The van der Waals surface area contributed by atoms with E-state index in [1.807, 2.05) is 6.92 Å². The van der Waals surface area contributed by atoms with Crippen molar-refractivity contribution < 1.29 is 19.4 Å². The molecule has 1 aliphatic heterocycles. The predicted molar refractivity (Wildman–Crippen MR) is 75.3 cm³/mol. The van der Waals surface area contributed by atoms with Gasteiger partial charge in [0.15, 0.2) is 0 Å². The first-order chi connectivity index (χ1) is 9.46. The summed E-state index contributed by atoms with van der Waals surface area (Å²) in [5, 5.41) is 9.93. The van der Waals surface area contributed by atoms with Crippen molar-refractivity contribution in [3.05, 3.63) is 23.8 Å². The fraction of sp³-hybridized carbons (Fsp3) is 0.533. The van der Waals surface area contributed by atoms with Gasteiger partial charge in [0.05, 0.1) is 25.4 Å². The second-order valence-corrected chi connectivity index (χ2v) is 5.36. The smallest absolute Gasteiger partial charge is 0.257 e. The Morgan fingerprint density at radius 2 is 1.90 bits per heavy atom. The lowest BCUT2D eigenvalue weighted by Crippen LogP contribution is -2.45. The Balaban J connectivity index is 2.17. The number of likely N-dealkylation sites (tertiary alicyclic amines) is 1. The van der Waals surface area contributed by atoms with Crippen LogP contribution in [0.3, 0.4) is 0 Å². The van der Waals surface area contributed by atoms with Gasteiger partial charge in [-0.25, -0.2) is 0 Å². The molecule has 1 fully saturated rings. The fourth-order valence-electron chi connectivity index (χ4n) is 2.34. The average molecular weight is 279 g/mol. The number of benzene rings is 1. The highest BCUT2D eigenvalue weighted by Crippen LogP contribution is 2.28. The monoisotopic (exact) mass is 279 g/mol. The number of piperidine rings is 1. The second-order valence-electron chi connectivity index (χ2n) is 5.36. The van der Waals surface area contributed by atoms with Gasteiger partial charge in [0.1, 0.15) is 11.5 Å². The lowest BCUT2D eigenvalue weighted by atomic mass is 9.93. The Hall–Kier alpha value is -1.75. The molecule has 0 saturated carbocycles. The number of carbonyl (C=O) groups is 1. The highest BCUT2D eigenvalue weighted by Gasteiger charge is 2.30. The van der Waals surface area contributed by atoms with Gasteiger partial charge in [-0.1, -0.05) is 0 Å². The van der Waals surface area contributed by atoms with Gasteiger partial charge in [-0.2, -0.15) is 0 Å². The van der Waals surface area contributed by atoms with Crippen molar-refractivity contribution in [2.75, 3.05) is 27.3 Å². The predicted octanol–water partition coefficient (Wildman–Crippen LogP) is 1.69. The van der Waals surface area contributed by atoms with Crippen LogP contribution in [0.15, 0.2) is 18.2 Å². The van der Waals surface area contributed by atoms with E-state index in [-0.39, 0.29) is 5.91 Å². The second kappa shape index (κ2) is 5.71. The summed E-state index contributed by atoms with van der Waals surface area (Å²) in [7, 11) is 3.11. The van der Waals surface area contributed by atoms with Crippen LogP contribution in [0.2, 0.25) is 0 Å². The minimum Gasteiger partial charge on any atom is -0.497 e. The van der Waals surface area contributed by atoms with Crippen molar-refractivity contribution in [3.63, 3.8) is 0 Å².